The molecule has 0 aliphatic carbocycles. The minimum atomic E-state index is 0.0487. The van der Waals surface area contributed by atoms with Gasteiger partial charge in [0.2, 0.25) is 0 Å². The zero-order chi connectivity index (χ0) is 9.84. The number of carbonyl (C=O) groups excluding carboxylic acids is 1. The predicted octanol–water partition coefficient (Wildman–Crippen LogP) is 2.91. The Morgan fingerprint density at radius 2 is 2.08 bits per heavy atom. The van der Waals surface area contributed by atoms with E-state index in [1.54, 1.807) is 19.2 Å². The molecule has 0 bridgehead atoms. The maximum atomic E-state index is 11.0. The van der Waals surface area contributed by atoms with Gasteiger partial charge in [0.05, 0.1) is 5.69 Å². The van der Waals surface area contributed by atoms with Crippen molar-refractivity contribution in [1.82, 2.24) is 0 Å². The SMILES string of the molecule is CN=Nc1cc(C(C)=O)ccc1C. The number of hydrogen-bond donors (Lipinski definition) is 0. The van der Waals surface area contributed by atoms with Crippen molar-refractivity contribution in [3.05, 3.63) is 29.3 Å². The largest absolute Gasteiger partial charge is 0.295 e. The van der Waals surface area contributed by atoms with Crippen LogP contribution in [0.5, 0.6) is 0 Å². The van der Waals surface area contributed by atoms with Gasteiger partial charge in [-0.05, 0) is 25.5 Å². The summed E-state index contributed by atoms with van der Waals surface area (Å²) in [6.07, 6.45) is 0. The fourth-order valence-corrected chi connectivity index (χ4v) is 1.04. The Kier molecular flexibility index (Phi) is 2.90. The van der Waals surface area contributed by atoms with E-state index < -0.39 is 0 Å². The van der Waals surface area contributed by atoms with Crippen LogP contribution in [0.3, 0.4) is 0 Å². The van der Waals surface area contributed by atoms with Crippen LogP contribution in [-0.2, 0) is 0 Å². The van der Waals surface area contributed by atoms with Gasteiger partial charge in [0.15, 0.2) is 5.78 Å². The van der Waals surface area contributed by atoms with Crippen LogP contribution in [-0.4, -0.2) is 12.8 Å². The van der Waals surface area contributed by atoms with E-state index in [1.807, 2.05) is 13.0 Å². The van der Waals surface area contributed by atoms with Gasteiger partial charge in [-0.15, -0.1) is 0 Å². The molecule has 0 radical (unpaired) electrons. The minimum absolute atomic E-state index is 0.0487. The maximum Gasteiger partial charge on any atom is 0.159 e. The van der Waals surface area contributed by atoms with Crippen molar-refractivity contribution in [2.24, 2.45) is 10.2 Å². The zero-order valence-electron chi connectivity index (χ0n) is 8.03. The molecule has 0 spiro atoms. The van der Waals surface area contributed by atoms with Gasteiger partial charge in [0, 0.05) is 12.6 Å². The first-order valence-electron chi connectivity index (χ1n) is 4.06. The summed E-state index contributed by atoms with van der Waals surface area (Å²) in [5.41, 5.74) is 2.46. The fourth-order valence-electron chi connectivity index (χ4n) is 1.04. The molecular weight excluding hydrogens is 164 g/mol. The van der Waals surface area contributed by atoms with Crippen molar-refractivity contribution in [3.8, 4) is 0 Å². The van der Waals surface area contributed by atoms with E-state index in [2.05, 4.69) is 10.2 Å². The highest BCUT2D eigenvalue weighted by Gasteiger charge is 2.02. The third-order valence-electron chi connectivity index (χ3n) is 1.82. The molecule has 0 atom stereocenters. The molecule has 1 rings (SSSR count). The Balaban J connectivity index is 3.18. The van der Waals surface area contributed by atoms with Crippen LogP contribution < -0.4 is 0 Å². The minimum Gasteiger partial charge on any atom is -0.295 e. The maximum absolute atomic E-state index is 11.0. The predicted molar refractivity (Wildman–Crippen MR) is 51.6 cm³/mol. The van der Waals surface area contributed by atoms with Crippen molar-refractivity contribution >= 4 is 11.5 Å². The molecule has 1 aromatic carbocycles. The number of benzene rings is 1. The molecule has 13 heavy (non-hydrogen) atoms. The number of rotatable bonds is 2. The Hall–Kier alpha value is -1.51. The number of ketones is 1. The number of aryl methyl sites for hydroxylation is 1. The smallest absolute Gasteiger partial charge is 0.159 e. The Morgan fingerprint density at radius 3 is 2.62 bits per heavy atom. The molecule has 0 aliphatic heterocycles. The fraction of sp³-hybridized carbons (Fsp3) is 0.300. The van der Waals surface area contributed by atoms with Crippen LogP contribution in [0.15, 0.2) is 28.4 Å². The molecule has 0 aromatic heterocycles. The molecule has 0 amide bonds. The lowest BCUT2D eigenvalue weighted by atomic mass is 10.1. The van der Waals surface area contributed by atoms with Gasteiger partial charge in [0.1, 0.15) is 0 Å². The van der Waals surface area contributed by atoms with E-state index in [9.17, 15) is 4.79 Å². The van der Waals surface area contributed by atoms with Crippen molar-refractivity contribution in [3.63, 3.8) is 0 Å². The van der Waals surface area contributed by atoms with E-state index in [0.29, 0.717) is 5.56 Å². The highest BCUT2D eigenvalue weighted by Crippen LogP contribution is 2.20. The van der Waals surface area contributed by atoms with Crippen LogP contribution in [0.1, 0.15) is 22.8 Å². The van der Waals surface area contributed by atoms with Gasteiger partial charge in [-0.3, -0.25) is 4.79 Å². The molecule has 1 aromatic rings. The Morgan fingerprint density at radius 1 is 1.38 bits per heavy atom. The topological polar surface area (TPSA) is 41.8 Å². The number of azo groups is 1. The average Bonchev–Trinajstić information content (AvgIpc) is 2.08. The third-order valence-corrected chi connectivity index (χ3v) is 1.82. The van der Waals surface area contributed by atoms with Crippen LogP contribution in [0.25, 0.3) is 0 Å². The normalized spacial score (nSPS) is 10.7. The van der Waals surface area contributed by atoms with Crippen molar-refractivity contribution in [2.45, 2.75) is 13.8 Å². The van der Waals surface area contributed by atoms with E-state index in [1.165, 1.54) is 6.92 Å². The molecule has 0 heterocycles. The molecule has 0 unspecified atom stereocenters. The second-order valence-electron chi connectivity index (χ2n) is 2.86. The quantitative estimate of drug-likeness (QED) is 0.504. The van der Waals surface area contributed by atoms with Gasteiger partial charge in [-0.1, -0.05) is 12.1 Å². The Bertz CT molecular complexity index is 356. The first-order valence-corrected chi connectivity index (χ1v) is 4.06. The van der Waals surface area contributed by atoms with Gasteiger partial charge >= 0.3 is 0 Å². The molecule has 3 heteroatoms. The summed E-state index contributed by atoms with van der Waals surface area (Å²) in [7, 11) is 1.61. The molecule has 3 nitrogen and oxygen atoms in total. The van der Waals surface area contributed by atoms with Gasteiger partial charge in [-0.25, -0.2) is 0 Å². The molecule has 0 fully saturated rings. The zero-order valence-corrected chi connectivity index (χ0v) is 8.03. The summed E-state index contributed by atoms with van der Waals surface area (Å²) in [5.74, 6) is 0.0487. The van der Waals surface area contributed by atoms with E-state index in [0.717, 1.165) is 11.3 Å². The molecule has 0 saturated carbocycles. The summed E-state index contributed by atoms with van der Waals surface area (Å²) < 4.78 is 0. The second-order valence-corrected chi connectivity index (χ2v) is 2.86. The summed E-state index contributed by atoms with van der Waals surface area (Å²) in [6, 6.07) is 5.43. The average molecular weight is 176 g/mol. The first kappa shape index (κ1) is 9.58. The third kappa shape index (κ3) is 2.21. The lowest BCUT2D eigenvalue weighted by molar-refractivity contribution is 0.101. The molecule has 0 aliphatic rings. The first-order chi connectivity index (χ1) is 6.15. The monoisotopic (exact) mass is 176 g/mol. The van der Waals surface area contributed by atoms with Gasteiger partial charge < -0.3 is 0 Å². The lowest BCUT2D eigenvalue weighted by Crippen LogP contribution is -1.91. The van der Waals surface area contributed by atoms with Crippen LogP contribution in [0.2, 0.25) is 0 Å². The summed E-state index contributed by atoms with van der Waals surface area (Å²) in [6.45, 7) is 3.48. The van der Waals surface area contributed by atoms with Gasteiger partial charge in [-0.2, -0.15) is 10.2 Å². The van der Waals surface area contributed by atoms with Crippen molar-refractivity contribution < 1.29 is 4.79 Å². The molecule has 68 valence electrons. The van der Waals surface area contributed by atoms with Crippen LogP contribution in [0.4, 0.5) is 5.69 Å². The molecule has 0 N–H and O–H groups in total. The summed E-state index contributed by atoms with van der Waals surface area (Å²) in [4.78, 5) is 11.0. The number of hydrogen-bond acceptors (Lipinski definition) is 3. The number of carbonyl (C=O) groups is 1. The summed E-state index contributed by atoms with van der Waals surface area (Å²) >= 11 is 0. The standard InChI is InChI=1S/C10H12N2O/c1-7-4-5-9(8(2)13)6-10(7)12-11-3/h4-6H,1-3H3. The highest BCUT2D eigenvalue weighted by molar-refractivity contribution is 5.94. The molecular formula is C10H12N2O. The van der Waals surface area contributed by atoms with E-state index >= 15 is 0 Å². The molecule has 0 saturated heterocycles. The van der Waals surface area contributed by atoms with Crippen LogP contribution in [0, 0.1) is 6.92 Å². The van der Waals surface area contributed by atoms with Crippen molar-refractivity contribution in [1.29, 1.82) is 0 Å². The summed E-state index contributed by atoms with van der Waals surface area (Å²) in [5, 5.41) is 7.60. The van der Waals surface area contributed by atoms with E-state index in [-0.39, 0.29) is 5.78 Å². The number of nitrogens with zero attached hydrogens (tertiary/aromatic N) is 2. The lowest BCUT2D eigenvalue weighted by Gasteiger charge is -2.00. The number of Topliss-reactive ketones (excluding diaryl/α,β-unsaturated/α-hetero) is 1. The second kappa shape index (κ2) is 3.94. The van der Waals surface area contributed by atoms with Crippen molar-refractivity contribution in [2.75, 3.05) is 7.05 Å². The van der Waals surface area contributed by atoms with E-state index in [4.69, 9.17) is 0 Å². The Labute approximate surface area is 77.5 Å². The van der Waals surface area contributed by atoms with Crippen LogP contribution >= 0.6 is 0 Å². The highest BCUT2D eigenvalue weighted by atomic mass is 16.1. The van der Waals surface area contributed by atoms with Gasteiger partial charge in [0.25, 0.3) is 0 Å².